The van der Waals surface area contributed by atoms with Crippen molar-refractivity contribution in [3.05, 3.63) is 12.4 Å². The molecule has 1 aromatic heterocycles. The zero-order valence-electron chi connectivity index (χ0n) is 8.03. The lowest BCUT2D eigenvalue weighted by atomic mass is 10.2. The predicted octanol–water partition coefficient (Wildman–Crippen LogP) is 2.20. The second-order valence-electron chi connectivity index (χ2n) is 3.31. The molecule has 0 amide bonds. The zero-order valence-corrected chi connectivity index (χ0v) is 8.84. The summed E-state index contributed by atoms with van der Waals surface area (Å²) in [6, 6.07) is 1.81. The Morgan fingerprint density at radius 3 is 2.85 bits per heavy atom. The highest BCUT2D eigenvalue weighted by Gasteiger charge is 1.98. The maximum Gasteiger partial charge on any atom is 0.127 e. The molecule has 3 nitrogen and oxygen atoms in total. The summed E-state index contributed by atoms with van der Waals surface area (Å²) in [6.45, 7) is 4.43. The van der Waals surface area contributed by atoms with Crippen LogP contribution in [0.4, 0.5) is 5.82 Å². The maximum atomic E-state index is 5.53. The van der Waals surface area contributed by atoms with Gasteiger partial charge in [-0.25, -0.2) is 9.97 Å². The molecule has 0 aliphatic carbocycles. The number of nitrogens with zero attached hydrogens (tertiary/aromatic N) is 2. The van der Waals surface area contributed by atoms with Crippen LogP contribution in [0.5, 0.6) is 0 Å². The van der Waals surface area contributed by atoms with Crippen LogP contribution in [0.1, 0.15) is 20.3 Å². The first kappa shape index (κ1) is 10.3. The van der Waals surface area contributed by atoms with E-state index in [4.69, 9.17) is 5.73 Å². The third kappa shape index (κ3) is 4.12. The quantitative estimate of drug-likeness (QED) is 0.594. The van der Waals surface area contributed by atoms with Gasteiger partial charge in [0.15, 0.2) is 0 Å². The Kier molecular flexibility index (Phi) is 4.02. The summed E-state index contributed by atoms with van der Waals surface area (Å²) in [5.41, 5.74) is 5.53. The third-order valence-electron chi connectivity index (χ3n) is 1.61. The average Bonchev–Trinajstić information content (AvgIpc) is 2.03. The van der Waals surface area contributed by atoms with Crippen LogP contribution in [-0.4, -0.2) is 15.7 Å². The molecule has 0 saturated heterocycles. The van der Waals surface area contributed by atoms with Crippen LogP contribution in [0.2, 0.25) is 0 Å². The van der Waals surface area contributed by atoms with Gasteiger partial charge in [-0.1, -0.05) is 13.8 Å². The van der Waals surface area contributed by atoms with Crippen LogP contribution in [0.3, 0.4) is 0 Å². The highest BCUT2D eigenvalue weighted by atomic mass is 32.2. The van der Waals surface area contributed by atoms with Crippen molar-refractivity contribution in [3.63, 3.8) is 0 Å². The van der Waals surface area contributed by atoms with Gasteiger partial charge in [-0.3, -0.25) is 0 Å². The zero-order chi connectivity index (χ0) is 9.68. The molecule has 1 heterocycles. The van der Waals surface area contributed by atoms with E-state index in [1.165, 1.54) is 12.7 Å². The van der Waals surface area contributed by atoms with Gasteiger partial charge in [-0.05, 0) is 18.1 Å². The highest BCUT2D eigenvalue weighted by molar-refractivity contribution is 7.99. The summed E-state index contributed by atoms with van der Waals surface area (Å²) in [6.07, 6.45) is 2.71. The fraction of sp³-hybridized carbons (Fsp3) is 0.556. The van der Waals surface area contributed by atoms with Gasteiger partial charge in [-0.2, -0.15) is 0 Å². The van der Waals surface area contributed by atoms with Crippen molar-refractivity contribution < 1.29 is 0 Å². The van der Waals surface area contributed by atoms with Gasteiger partial charge < -0.3 is 5.73 Å². The summed E-state index contributed by atoms with van der Waals surface area (Å²) in [5.74, 6) is 2.38. The van der Waals surface area contributed by atoms with Crippen molar-refractivity contribution in [1.29, 1.82) is 0 Å². The van der Waals surface area contributed by atoms with Crippen molar-refractivity contribution in [1.82, 2.24) is 9.97 Å². The maximum absolute atomic E-state index is 5.53. The molecule has 1 rings (SSSR count). The van der Waals surface area contributed by atoms with Gasteiger partial charge in [0.25, 0.3) is 0 Å². The SMILES string of the molecule is CC(C)CCSc1cc(N)ncn1. The minimum absolute atomic E-state index is 0.544. The van der Waals surface area contributed by atoms with Crippen molar-refractivity contribution in [2.45, 2.75) is 25.3 Å². The van der Waals surface area contributed by atoms with Crippen molar-refractivity contribution in [2.75, 3.05) is 11.5 Å². The molecule has 0 radical (unpaired) electrons. The number of rotatable bonds is 4. The van der Waals surface area contributed by atoms with Gasteiger partial charge in [-0.15, -0.1) is 11.8 Å². The minimum atomic E-state index is 0.544. The van der Waals surface area contributed by atoms with Gasteiger partial charge >= 0.3 is 0 Å². The monoisotopic (exact) mass is 197 g/mol. The van der Waals surface area contributed by atoms with E-state index < -0.39 is 0 Å². The molecule has 0 aliphatic rings. The largest absolute Gasteiger partial charge is 0.384 e. The molecule has 1 aromatic rings. The Labute approximate surface area is 83.2 Å². The number of aromatic nitrogens is 2. The van der Waals surface area contributed by atoms with Crippen LogP contribution in [0.25, 0.3) is 0 Å². The number of thioether (sulfide) groups is 1. The van der Waals surface area contributed by atoms with E-state index in [2.05, 4.69) is 23.8 Å². The van der Waals surface area contributed by atoms with E-state index in [9.17, 15) is 0 Å². The molecule has 13 heavy (non-hydrogen) atoms. The number of hydrogen-bond donors (Lipinski definition) is 1. The number of nitrogen functional groups attached to an aromatic ring is 1. The van der Waals surface area contributed by atoms with E-state index in [0.717, 1.165) is 16.7 Å². The molecule has 0 saturated carbocycles. The highest BCUT2D eigenvalue weighted by Crippen LogP contribution is 2.18. The van der Waals surface area contributed by atoms with E-state index >= 15 is 0 Å². The molecule has 0 atom stereocenters. The minimum Gasteiger partial charge on any atom is -0.384 e. The summed E-state index contributed by atoms with van der Waals surface area (Å²) in [5, 5.41) is 0.966. The smallest absolute Gasteiger partial charge is 0.127 e. The van der Waals surface area contributed by atoms with Crippen molar-refractivity contribution in [3.8, 4) is 0 Å². The van der Waals surface area contributed by atoms with Crippen LogP contribution in [-0.2, 0) is 0 Å². The standard InChI is InChI=1S/C9H15N3S/c1-7(2)3-4-13-9-5-8(10)11-6-12-9/h5-7H,3-4H2,1-2H3,(H2,10,11,12). The lowest BCUT2D eigenvalue weighted by Crippen LogP contribution is -1.93. The fourth-order valence-electron chi connectivity index (χ4n) is 0.832. The number of nitrogens with two attached hydrogens (primary N) is 1. The molecule has 2 N–H and O–H groups in total. The first-order valence-electron chi connectivity index (χ1n) is 4.39. The third-order valence-corrected chi connectivity index (χ3v) is 2.57. The second-order valence-corrected chi connectivity index (χ2v) is 4.43. The Hall–Kier alpha value is -0.770. The second kappa shape index (κ2) is 5.07. The molecule has 0 fully saturated rings. The first-order valence-corrected chi connectivity index (χ1v) is 5.37. The molecular weight excluding hydrogens is 182 g/mol. The number of anilines is 1. The summed E-state index contributed by atoms with van der Waals surface area (Å²) in [7, 11) is 0. The van der Waals surface area contributed by atoms with E-state index in [0.29, 0.717) is 5.82 Å². The van der Waals surface area contributed by atoms with Crippen molar-refractivity contribution in [2.24, 2.45) is 5.92 Å². The van der Waals surface area contributed by atoms with Crippen LogP contribution in [0, 0.1) is 5.92 Å². The van der Waals surface area contributed by atoms with Gasteiger partial charge in [0, 0.05) is 6.07 Å². The van der Waals surface area contributed by atoms with Crippen molar-refractivity contribution >= 4 is 17.6 Å². The van der Waals surface area contributed by atoms with Gasteiger partial charge in [0.05, 0.1) is 0 Å². The summed E-state index contributed by atoms with van der Waals surface area (Å²) >= 11 is 1.73. The fourth-order valence-corrected chi connectivity index (χ4v) is 1.96. The summed E-state index contributed by atoms with van der Waals surface area (Å²) in [4.78, 5) is 7.94. The molecular formula is C9H15N3S. The lowest BCUT2D eigenvalue weighted by Gasteiger charge is -2.03. The average molecular weight is 197 g/mol. The number of hydrogen-bond acceptors (Lipinski definition) is 4. The molecule has 0 aromatic carbocycles. The van der Waals surface area contributed by atoms with Gasteiger partial charge in [0.1, 0.15) is 17.2 Å². The van der Waals surface area contributed by atoms with E-state index in [-0.39, 0.29) is 0 Å². The van der Waals surface area contributed by atoms with E-state index in [1.54, 1.807) is 11.8 Å². The predicted molar refractivity (Wildman–Crippen MR) is 56.6 cm³/mol. The normalized spacial score (nSPS) is 10.7. The Bertz CT molecular complexity index is 263. The Balaban J connectivity index is 2.37. The first-order chi connectivity index (χ1) is 6.18. The van der Waals surface area contributed by atoms with Crippen LogP contribution >= 0.6 is 11.8 Å². The molecule has 0 aliphatic heterocycles. The molecule has 72 valence electrons. The van der Waals surface area contributed by atoms with Crippen LogP contribution < -0.4 is 5.73 Å². The Morgan fingerprint density at radius 1 is 1.46 bits per heavy atom. The van der Waals surface area contributed by atoms with Crippen LogP contribution in [0.15, 0.2) is 17.4 Å². The molecule has 0 bridgehead atoms. The van der Waals surface area contributed by atoms with E-state index in [1.807, 2.05) is 6.07 Å². The molecule has 4 heteroatoms. The summed E-state index contributed by atoms with van der Waals surface area (Å²) < 4.78 is 0. The lowest BCUT2D eigenvalue weighted by molar-refractivity contribution is 0.632. The van der Waals surface area contributed by atoms with Gasteiger partial charge in [0.2, 0.25) is 0 Å². The topological polar surface area (TPSA) is 51.8 Å². The Morgan fingerprint density at radius 2 is 2.23 bits per heavy atom. The molecule has 0 spiro atoms. The molecule has 0 unspecified atom stereocenters.